The highest BCUT2D eigenvalue weighted by Gasteiger charge is 2.19. The molecule has 0 aliphatic carbocycles. The molecular weight excluding hydrogens is 392 g/mol. The fourth-order valence-electron chi connectivity index (χ4n) is 3.17. The van der Waals surface area contributed by atoms with Crippen LogP contribution in [0.5, 0.6) is 0 Å². The van der Waals surface area contributed by atoms with Gasteiger partial charge in [0.2, 0.25) is 5.91 Å². The average molecular weight is 412 g/mol. The zero-order valence-corrected chi connectivity index (χ0v) is 16.6. The van der Waals surface area contributed by atoms with Gasteiger partial charge < -0.3 is 10.6 Å². The van der Waals surface area contributed by atoms with Crippen molar-refractivity contribution in [1.29, 1.82) is 0 Å². The molecule has 1 aromatic heterocycles. The van der Waals surface area contributed by atoms with Crippen LogP contribution in [0.3, 0.4) is 0 Å². The summed E-state index contributed by atoms with van der Waals surface area (Å²) < 4.78 is 1.50. The molecule has 2 amide bonds. The molecule has 4 aromatic rings. The molecule has 0 fully saturated rings. The zero-order valence-electron chi connectivity index (χ0n) is 16.6. The zero-order chi connectivity index (χ0) is 21.5. The number of tetrazole rings is 1. The lowest BCUT2D eigenvalue weighted by molar-refractivity contribution is -0.116. The molecule has 1 unspecified atom stereocenters. The number of anilines is 1. The first-order chi connectivity index (χ1) is 15.2. The molecule has 3 aromatic carbocycles. The highest BCUT2D eigenvalue weighted by atomic mass is 16.2. The summed E-state index contributed by atoms with van der Waals surface area (Å²) in [5.41, 5.74) is 2.72. The Morgan fingerprint density at radius 1 is 0.903 bits per heavy atom. The van der Waals surface area contributed by atoms with E-state index < -0.39 is 6.04 Å². The van der Waals surface area contributed by atoms with Gasteiger partial charge in [0, 0.05) is 11.3 Å². The van der Waals surface area contributed by atoms with Crippen LogP contribution >= 0.6 is 0 Å². The van der Waals surface area contributed by atoms with Crippen LogP contribution in [0.25, 0.3) is 5.69 Å². The van der Waals surface area contributed by atoms with Crippen LogP contribution in [0.2, 0.25) is 0 Å². The summed E-state index contributed by atoms with van der Waals surface area (Å²) in [5.74, 6) is -0.459. The first-order valence-electron chi connectivity index (χ1n) is 9.73. The minimum absolute atomic E-state index is 0.0810. The molecule has 0 bridgehead atoms. The first-order valence-corrected chi connectivity index (χ1v) is 9.73. The summed E-state index contributed by atoms with van der Waals surface area (Å²) in [7, 11) is 0. The van der Waals surface area contributed by atoms with Crippen molar-refractivity contribution in [3.8, 4) is 5.69 Å². The van der Waals surface area contributed by atoms with Crippen LogP contribution in [0.15, 0.2) is 91.3 Å². The quantitative estimate of drug-likeness (QED) is 0.485. The van der Waals surface area contributed by atoms with Crippen molar-refractivity contribution < 1.29 is 9.59 Å². The third kappa shape index (κ3) is 5.18. The maximum Gasteiger partial charge on any atom is 0.251 e. The van der Waals surface area contributed by atoms with E-state index in [0.717, 1.165) is 11.3 Å². The van der Waals surface area contributed by atoms with E-state index in [0.29, 0.717) is 11.3 Å². The van der Waals surface area contributed by atoms with Gasteiger partial charge in [-0.2, -0.15) is 0 Å². The van der Waals surface area contributed by atoms with E-state index in [-0.39, 0.29) is 18.2 Å². The van der Waals surface area contributed by atoms with Crippen LogP contribution in [-0.4, -0.2) is 32.0 Å². The number of carbonyl (C=O) groups is 2. The summed E-state index contributed by atoms with van der Waals surface area (Å²) in [6, 6.07) is 25.1. The Morgan fingerprint density at radius 3 is 2.35 bits per heavy atom. The number of hydrogen-bond acceptors (Lipinski definition) is 5. The summed E-state index contributed by atoms with van der Waals surface area (Å²) in [6.07, 6.45) is 1.56. The summed E-state index contributed by atoms with van der Waals surface area (Å²) in [4.78, 5) is 25.5. The topological polar surface area (TPSA) is 102 Å². The largest absolute Gasteiger partial charge is 0.345 e. The number of aromatic nitrogens is 4. The van der Waals surface area contributed by atoms with Crippen LogP contribution in [-0.2, 0) is 4.79 Å². The maximum absolute atomic E-state index is 12.8. The van der Waals surface area contributed by atoms with E-state index in [1.807, 2.05) is 42.5 Å². The van der Waals surface area contributed by atoms with E-state index >= 15 is 0 Å². The Balaban J connectivity index is 1.48. The molecule has 8 heteroatoms. The Morgan fingerprint density at radius 2 is 1.65 bits per heavy atom. The fraction of sp³-hybridized carbons (Fsp3) is 0.0870. The van der Waals surface area contributed by atoms with Gasteiger partial charge in [-0.1, -0.05) is 54.6 Å². The van der Waals surface area contributed by atoms with E-state index in [9.17, 15) is 9.59 Å². The monoisotopic (exact) mass is 412 g/mol. The molecule has 0 aliphatic heterocycles. The van der Waals surface area contributed by atoms with Gasteiger partial charge >= 0.3 is 0 Å². The smallest absolute Gasteiger partial charge is 0.251 e. The SMILES string of the molecule is O=C(CC(NC(=O)c1ccccc1)c1ccccc1)Nc1cccc(-n2cnnn2)c1. The van der Waals surface area contributed by atoms with Crippen molar-refractivity contribution >= 4 is 17.5 Å². The van der Waals surface area contributed by atoms with E-state index in [1.165, 1.54) is 11.0 Å². The van der Waals surface area contributed by atoms with Gasteiger partial charge in [0.1, 0.15) is 6.33 Å². The fourth-order valence-corrected chi connectivity index (χ4v) is 3.17. The van der Waals surface area contributed by atoms with Crippen molar-refractivity contribution in [2.24, 2.45) is 0 Å². The minimum atomic E-state index is -0.475. The Kier molecular flexibility index (Phi) is 6.08. The molecule has 0 spiro atoms. The highest BCUT2D eigenvalue weighted by molar-refractivity contribution is 5.96. The molecule has 0 aliphatic rings. The third-order valence-corrected chi connectivity index (χ3v) is 4.68. The highest BCUT2D eigenvalue weighted by Crippen LogP contribution is 2.20. The standard InChI is InChI=1S/C23H20N6O2/c30-22(25-19-12-7-13-20(14-19)29-16-24-27-28-29)15-21(17-8-3-1-4-9-17)26-23(31)18-10-5-2-6-11-18/h1-14,16,21H,15H2,(H,25,30)(H,26,31). The Labute approximate surface area is 178 Å². The molecule has 154 valence electrons. The lowest BCUT2D eigenvalue weighted by Crippen LogP contribution is -2.31. The van der Waals surface area contributed by atoms with Gasteiger partial charge in [-0.05, 0) is 46.3 Å². The molecule has 1 atom stereocenters. The second kappa shape index (κ2) is 9.45. The summed E-state index contributed by atoms with van der Waals surface area (Å²) >= 11 is 0. The van der Waals surface area contributed by atoms with Gasteiger partial charge in [0.25, 0.3) is 5.91 Å². The van der Waals surface area contributed by atoms with E-state index in [4.69, 9.17) is 0 Å². The maximum atomic E-state index is 12.8. The molecule has 31 heavy (non-hydrogen) atoms. The van der Waals surface area contributed by atoms with Gasteiger partial charge in [0.15, 0.2) is 0 Å². The van der Waals surface area contributed by atoms with Gasteiger partial charge in [-0.3, -0.25) is 9.59 Å². The molecular formula is C23H20N6O2. The van der Waals surface area contributed by atoms with Crippen molar-refractivity contribution in [2.45, 2.75) is 12.5 Å². The predicted octanol–water partition coefficient (Wildman–Crippen LogP) is 3.16. The summed E-state index contributed by atoms with van der Waals surface area (Å²) in [5, 5.41) is 16.9. The lowest BCUT2D eigenvalue weighted by Gasteiger charge is -2.19. The number of nitrogens with one attached hydrogen (secondary N) is 2. The third-order valence-electron chi connectivity index (χ3n) is 4.68. The minimum Gasteiger partial charge on any atom is -0.345 e. The molecule has 4 rings (SSSR count). The number of amides is 2. The predicted molar refractivity (Wildman–Crippen MR) is 115 cm³/mol. The second-order valence-electron chi connectivity index (χ2n) is 6.86. The number of nitrogens with zero attached hydrogens (tertiary/aromatic N) is 4. The molecule has 0 saturated heterocycles. The van der Waals surface area contributed by atoms with Gasteiger partial charge in [-0.15, -0.1) is 5.10 Å². The Bertz CT molecular complexity index is 1150. The summed E-state index contributed by atoms with van der Waals surface area (Å²) in [6.45, 7) is 0. The van der Waals surface area contributed by atoms with Gasteiger partial charge in [-0.25, -0.2) is 4.68 Å². The molecule has 8 nitrogen and oxygen atoms in total. The van der Waals surface area contributed by atoms with Crippen LogP contribution in [0.1, 0.15) is 28.4 Å². The second-order valence-corrected chi connectivity index (χ2v) is 6.86. The number of rotatable bonds is 7. The van der Waals surface area contributed by atoms with E-state index in [2.05, 4.69) is 26.2 Å². The van der Waals surface area contributed by atoms with Gasteiger partial charge in [0.05, 0.1) is 18.2 Å². The van der Waals surface area contributed by atoms with Crippen molar-refractivity contribution in [2.75, 3.05) is 5.32 Å². The average Bonchev–Trinajstić information content (AvgIpc) is 3.35. The Hall–Kier alpha value is -4.33. The first kappa shape index (κ1) is 20.0. The molecule has 1 heterocycles. The number of benzene rings is 3. The normalized spacial score (nSPS) is 11.5. The van der Waals surface area contributed by atoms with Crippen molar-refractivity contribution in [1.82, 2.24) is 25.5 Å². The van der Waals surface area contributed by atoms with Crippen LogP contribution in [0.4, 0.5) is 5.69 Å². The van der Waals surface area contributed by atoms with E-state index in [1.54, 1.807) is 42.5 Å². The molecule has 0 saturated carbocycles. The van der Waals surface area contributed by atoms with Crippen molar-refractivity contribution in [3.05, 3.63) is 102 Å². The number of carbonyl (C=O) groups excluding carboxylic acids is 2. The van der Waals surface area contributed by atoms with Crippen LogP contribution < -0.4 is 10.6 Å². The molecule has 2 N–H and O–H groups in total. The van der Waals surface area contributed by atoms with Crippen molar-refractivity contribution in [3.63, 3.8) is 0 Å². The lowest BCUT2D eigenvalue weighted by atomic mass is 10.0. The number of hydrogen-bond donors (Lipinski definition) is 2. The van der Waals surface area contributed by atoms with Crippen LogP contribution in [0, 0.1) is 0 Å². The molecule has 0 radical (unpaired) electrons.